The third-order valence-electron chi connectivity index (χ3n) is 4.83. The van der Waals surface area contributed by atoms with Crippen LogP contribution in [-0.2, 0) is 9.53 Å². The molecule has 0 fully saturated rings. The molecule has 0 atom stereocenters. The van der Waals surface area contributed by atoms with E-state index in [4.69, 9.17) is 14.2 Å². The predicted octanol–water partition coefficient (Wildman–Crippen LogP) is 5.45. The van der Waals surface area contributed by atoms with Gasteiger partial charge >= 0.3 is 5.97 Å². The molecule has 0 aliphatic heterocycles. The largest absolute Gasteiger partial charge is 0.497 e. The minimum absolute atomic E-state index is 0.305. The number of benzene rings is 2. The second-order valence-corrected chi connectivity index (χ2v) is 6.70. The highest BCUT2D eigenvalue weighted by Gasteiger charge is 2.13. The molecule has 1 aliphatic rings. The fraction of sp³-hybridized carbons (Fsp3) is 0.240. The van der Waals surface area contributed by atoms with Crippen molar-refractivity contribution in [1.82, 2.24) is 0 Å². The van der Waals surface area contributed by atoms with E-state index >= 15 is 0 Å². The fourth-order valence-electron chi connectivity index (χ4n) is 3.28. The average Bonchev–Trinajstić information content (AvgIpc) is 2.97. The smallest absolute Gasteiger partial charge is 0.331 e. The molecule has 29 heavy (non-hydrogen) atoms. The van der Waals surface area contributed by atoms with Gasteiger partial charge in [0.15, 0.2) is 0 Å². The SMILES string of the molecule is CCOC(=O)/C=C1\C=C(c2ccc(OC)cc2)C=C(c2ccc(OC)cc2)CC1. The van der Waals surface area contributed by atoms with Gasteiger partial charge in [0.25, 0.3) is 0 Å². The molecule has 0 saturated heterocycles. The summed E-state index contributed by atoms with van der Waals surface area (Å²) < 4.78 is 15.7. The summed E-state index contributed by atoms with van der Waals surface area (Å²) in [7, 11) is 3.32. The van der Waals surface area contributed by atoms with E-state index in [9.17, 15) is 4.79 Å². The van der Waals surface area contributed by atoms with Crippen LogP contribution in [0, 0.1) is 0 Å². The number of hydrogen-bond acceptors (Lipinski definition) is 4. The number of carbonyl (C=O) groups is 1. The predicted molar refractivity (Wildman–Crippen MR) is 116 cm³/mol. The van der Waals surface area contributed by atoms with Gasteiger partial charge in [-0.1, -0.05) is 36.4 Å². The third kappa shape index (κ3) is 5.38. The molecule has 0 aromatic heterocycles. The van der Waals surface area contributed by atoms with Crippen molar-refractivity contribution in [1.29, 1.82) is 0 Å². The highest BCUT2D eigenvalue weighted by Crippen LogP contribution is 2.33. The monoisotopic (exact) mass is 390 g/mol. The Morgan fingerprint density at radius 2 is 1.45 bits per heavy atom. The van der Waals surface area contributed by atoms with Crippen molar-refractivity contribution >= 4 is 17.1 Å². The van der Waals surface area contributed by atoms with Crippen LogP contribution in [0.25, 0.3) is 11.1 Å². The van der Waals surface area contributed by atoms with E-state index in [1.165, 1.54) is 5.57 Å². The van der Waals surface area contributed by atoms with Crippen LogP contribution < -0.4 is 9.47 Å². The molecule has 0 amide bonds. The van der Waals surface area contributed by atoms with Crippen molar-refractivity contribution in [3.8, 4) is 11.5 Å². The Morgan fingerprint density at radius 1 is 0.862 bits per heavy atom. The molecule has 4 nitrogen and oxygen atoms in total. The van der Waals surface area contributed by atoms with Crippen LogP contribution in [0.1, 0.15) is 30.9 Å². The van der Waals surface area contributed by atoms with E-state index in [1.807, 2.05) is 43.3 Å². The summed E-state index contributed by atoms with van der Waals surface area (Å²) in [4.78, 5) is 12.0. The Bertz CT molecular complexity index is 932. The zero-order chi connectivity index (χ0) is 20.6. The first-order chi connectivity index (χ1) is 14.1. The van der Waals surface area contributed by atoms with Crippen LogP contribution in [0.5, 0.6) is 11.5 Å². The molecule has 2 aromatic carbocycles. The highest BCUT2D eigenvalue weighted by atomic mass is 16.5. The van der Waals surface area contributed by atoms with Crippen molar-refractivity contribution in [2.45, 2.75) is 19.8 Å². The molecule has 0 unspecified atom stereocenters. The van der Waals surface area contributed by atoms with Crippen molar-refractivity contribution in [3.63, 3.8) is 0 Å². The lowest BCUT2D eigenvalue weighted by molar-refractivity contribution is -0.137. The molecule has 3 rings (SSSR count). The first-order valence-corrected chi connectivity index (χ1v) is 9.71. The van der Waals surface area contributed by atoms with Gasteiger partial charge in [0, 0.05) is 6.08 Å². The van der Waals surface area contributed by atoms with E-state index < -0.39 is 0 Å². The van der Waals surface area contributed by atoms with Gasteiger partial charge in [0.2, 0.25) is 0 Å². The van der Waals surface area contributed by atoms with Crippen molar-refractivity contribution in [3.05, 3.63) is 83.5 Å². The molecule has 1 aliphatic carbocycles. The lowest BCUT2D eigenvalue weighted by Crippen LogP contribution is -2.00. The average molecular weight is 390 g/mol. The third-order valence-corrected chi connectivity index (χ3v) is 4.83. The minimum Gasteiger partial charge on any atom is -0.497 e. The summed E-state index contributed by atoms with van der Waals surface area (Å²) in [5.41, 5.74) is 5.42. The lowest BCUT2D eigenvalue weighted by Gasteiger charge is -2.09. The first-order valence-electron chi connectivity index (χ1n) is 9.71. The Balaban J connectivity index is 1.99. The summed E-state index contributed by atoms with van der Waals surface area (Å²) in [6.07, 6.45) is 7.44. The topological polar surface area (TPSA) is 44.8 Å². The van der Waals surface area contributed by atoms with E-state index in [-0.39, 0.29) is 5.97 Å². The van der Waals surface area contributed by atoms with E-state index in [0.29, 0.717) is 6.61 Å². The number of carbonyl (C=O) groups excluding carboxylic acids is 1. The molecule has 0 radical (unpaired) electrons. The normalized spacial score (nSPS) is 15.2. The Kier molecular flexibility index (Phi) is 6.90. The first kappa shape index (κ1) is 20.5. The molecule has 0 spiro atoms. The van der Waals surface area contributed by atoms with Crippen LogP contribution in [0.2, 0.25) is 0 Å². The summed E-state index contributed by atoms with van der Waals surface area (Å²) in [6, 6.07) is 16.0. The lowest BCUT2D eigenvalue weighted by atomic mass is 9.98. The van der Waals surface area contributed by atoms with E-state index in [1.54, 1.807) is 20.3 Å². The van der Waals surface area contributed by atoms with Gasteiger partial charge in [0.05, 0.1) is 20.8 Å². The molecule has 4 heteroatoms. The van der Waals surface area contributed by atoms with Gasteiger partial charge in [-0.15, -0.1) is 0 Å². The van der Waals surface area contributed by atoms with Gasteiger partial charge in [-0.2, -0.15) is 0 Å². The zero-order valence-electron chi connectivity index (χ0n) is 17.1. The highest BCUT2D eigenvalue weighted by molar-refractivity contribution is 5.89. The van der Waals surface area contributed by atoms with Gasteiger partial charge in [-0.3, -0.25) is 0 Å². The number of rotatable bonds is 6. The van der Waals surface area contributed by atoms with Crippen LogP contribution in [0.3, 0.4) is 0 Å². The maximum Gasteiger partial charge on any atom is 0.331 e. The second-order valence-electron chi connectivity index (χ2n) is 6.70. The number of methoxy groups -OCH3 is 2. The van der Waals surface area contributed by atoms with E-state index in [0.717, 1.165) is 46.6 Å². The molecule has 2 aromatic rings. The zero-order valence-corrected chi connectivity index (χ0v) is 17.1. The maximum absolute atomic E-state index is 12.0. The Hall–Kier alpha value is -3.27. The van der Waals surface area contributed by atoms with Gasteiger partial charge in [-0.05, 0) is 71.9 Å². The molecule has 0 saturated carbocycles. The Morgan fingerprint density at radius 3 is 2.00 bits per heavy atom. The molecular weight excluding hydrogens is 364 g/mol. The number of ether oxygens (including phenoxy) is 3. The van der Waals surface area contributed by atoms with Gasteiger partial charge < -0.3 is 14.2 Å². The van der Waals surface area contributed by atoms with Crippen molar-refractivity contribution < 1.29 is 19.0 Å². The molecule has 0 heterocycles. The van der Waals surface area contributed by atoms with Crippen LogP contribution in [0.15, 0.2) is 72.3 Å². The standard InChI is InChI=1S/C25H26O4/c1-4-29-25(26)16-18-5-6-21(19-7-11-23(27-2)12-8-19)17-22(15-18)20-9-13-24(28-3)14-10-20/h7-17H,4-6H2,1-3H3/b18-16-. The van der Waals surface area contributed by atoms with Crippen molar-refractivity contribution in [2.75, 3.05) is 20.8 Å². The number of hydrogen-bond donors (Lipinski definition) is 0. The van der Waals surface area contributed by atoms with Crippen LogP contribution in [0.4, 0.5) is 0 Å². The Labute approximate surface area is 172 Å². The summed E-state index contributed by atoms with van der Waals surface area (Å²) in [5.74, 6) is 1.34. The maximum atomic E-state index is 12.0. The quantitative estimate of drug-likeness (QED) is 0.486. The fourth-order valence-corrected chi connectivity index (χ4v) is 3.28. The van der Waals surface area contributed by atoms with Gasteiger partial charge in [0.1, 0.15) is 11.5 Å². The van der Waals surface area contributed by atoms with Crippen LogP contribution >= 0.6 is 0 Å². The summed E-state index contributed by atoms with van der Waals surface area (Å²) >= 11 is 0. The van der Waals surface area contributed by atoms with Crippen LogP contribution in [-0.4, -0.2) is 26.8 Å². The minimum atomic E-state index is -0.305. The summed E-state index contributed by atoms with van der Waals surface area (Å²) in [5, 5.41) is 0. The molecule has 0 bridgehead atoms. The summed E-state index contributed by atoms with van der Waals surface area (Å²) in [6.45, 7) is 2.18. The molecule has 0 N–H and O–H groups in total. The van der Waals surface area contributed by atoms with E-state index in [2.05, 4.69) is 24.3 Å². The van der Waals surface area contributed by atoms with Gasteiger partial charge in [-0.25, -0.2) is 4.79 Å². The number of allylic oxidation sites excluding steroid dienone is 5. The second kappa shape index (κ2) is 9.78. The van der Waals surface area contributed by atoms with Crippen molar-refractivity contribution in [2.24, 2.45) is 0 Å². The number of esters is 1. The molecule has 150 valence electrons. The molecular formula is C25H26O4.